The molecule has 13 heteroatoms. The molecule has 0 saturated heterocycles. The van der Waals surface area contributed by atoms with Gasteiger partial charge in [-0.25, -0.2) is 0 Å². The average molecular weight is 596 g/mol. The fraction of sp³-hybridized carbons (Fsp3) is 0.115. The minimum atomic E-state index is -4.59. The summed E-state index contributed by atoms with van der Waals surface area (Å²) in [5, 5.41) is 25.6. The Balaban J connectivity index is 0.00000420. The molecule has 0 atom stereocenters. The first-order chi connectivity index (χ1) is 18.0. The molecule has 9 nitrogen and oxygen atoms in total. The second kappa shape index (κ2) is 12.6. The Kier molecular flexibility index (Phi) is 10.0. The number of nitrogens with zero attached hydrogens (tertiary/aromatic N) is 2. The number of carbonyl (C=O) groups excluding carboxylic acids is 1. The molecule has 0 aromatic heterocycles. The Morgan fingerprint density at radius 2 is 1.79 bits per heavy atom. The Bertz CT molecular complexity index is 1710. The summed E-state index contributed by atoms with van der Waals surface area (Å²) in [4.78, 5) is 12.8. The maximum absolute atomic E-state index is 13.5. The average Bonchev–Trinajstić information content (AvgIpc) is 2.87. The minimum Gasteiger partial charge on any atom is -0.870 e. The van der Waals surface area contributed by atoms with E-state index in [1.54, 1.807) is 49.4 Å². The molecule has 0 aliphatic rings. The Morgan fingerprint density at radius 1 is 1.08 bits per heavy atom. The number of anilines is 1. The number of benzene rings is 4. The molecule has 0 bridgehead atoms. The SMILES string of the molecule is CCc1c(N=Nc2c([O-])c(C(=O)Nc3cccc(Cl)c3OC)cc3ccccc23)cc(Cl)cc1S(=O)(=O)O.[Na+]. The van der Waals surface area contributed by atoms with Crippen LogP contribution in [0.25, 0.3) is 10.8 Å². The van der Waals surface area contributed by atoms with E-state index in [0.717, 1.165) is 6.07 Å². The maximum Gasteiger partial charge on any atom is 1.00 e. The van der Waals surface area contributed by atoms with Gasteiger partial charge in [0.15, 0.2) is 5.75 Å². The van der Waals surface area contributed by atoms with Gasteiger partial charge >= 0.3 is 29.6 Å². The Morgan fingerprint density at radius 3 is 2.46 bits per heavy atom. The van der Waals surface area contributed by atoms with Crippen molar-refractivity contribution in [2.24, 2.45) is 10.2 Å². The molecule has 0 fully saturated rings. The number of fused-ring (bicyclic) bond motifs is 1. The third-order valence-electron chi connectivity index (χ3n) is 5.68. The van der Waals surface area contributed by atoms with Crippen LogP contribution < -0.4 is 44.7 Å². The summed E-state index contributed by atoms with van der Waals surface area (Å²) in [6.07, 6.45) is 0.176. The number of para-hydroxylation sites is 1. The fourth-order valence-corrected chi connectivity index (χ4v) is 5.32. The Labute approximate surface area is 256 Å². The van der Waals surface area contributed by atoms with Crippen LogP contribution in [0.4, 0.5) is 17.1 Å². The van der Waals surface area contributed by atoms with Crippen molar-refractivity contribution in [2.45, 2.75) is 18.2 Å². The van der Waals surface area contributed by atoms with E-state index in [1.165, 1.54) is 19.2 Å². The summed E-state index contributed by atoms with van der Waals surface area (Å²) >= 11 is 12.2. The monoisotopic (exact) mass is 595 g/mol. The van der Waals surface area contributed by atoms with Gasteiger partial charge in [0.2, 0.25) is 0 Å². The van der Waals surface area contributed by atoms with Gasteiger partial charge in [0.25, 0.3) is 16.0 Å². The van der Waals surface area contributed by atoms with Gasteiger partial charge in [-0.05, 0) is 42.1 Å². The van der Waals surface area contributed by atoms with Crippen LogP contribution in [0.15, 0.2) is 75.8 Å². The molecule has 196 valence electrons. The topological polar surface area (TPSA) is 140 Å². The zero-order valence-electron chi connectivity index (χ0n) is 21.0. The van der Waals surface area contributed by atoms with Crippen LogP contribution in [0.1, 0.15) is 22.8 Å². The van der Waals surface area contributed by atoms with E-state index in [4.69, 9.17) is 27.9 Å². The first-order valence-electron chi connectivity index (χ1n) is 11.1. The van der Waals surface area contributed by atoms with Crippen molar-refractivity contribution in [3.8, 4) is 11.5 Å². The van der Waals surface area contributed by atoms with Crippen molar-refractivity contribution in [3.63, 3.8) is 0 Å². The van der Waals surface area contributed by atoms with Crippen LogP contribution in [0.3, 0.4) is 0 Å². The zero-order valence-corrected chi connectivity index (χ0v) is 25.4. The summed E-state index contributed by atoms with van der Waals surface area (Å²) in [7, 11) is -3.19. The number of ether oxygens (including phenoxy) is 1. The van der Waals surface area contributed by atoms with E-state index in [-0.39, 0.29) is 80.0 Å². The number of nitrogens with one attached hydrogen (secondary N) is 1. The predicted molar refractivity (Wildman–Crippen MR) is 144 cm³/mol. The number of halogens is 2. The summed E-state index contributed by atoms with van der Waals surface area (Å²) in [6, 6.07) is 15.5. The maximum atomic E-state index is 13.5. The van der Waals surface area contributed by atoms with E-state index in [0.29, 0.717) is 10.8 Å². The first-order valence-corrected chi connectivity index (χ1v) is 13.3. The molecule has 0 saturated carbocycles. The summed E-state index contributed by atoms with van der Waals surface area (Å²) in [5.74, 6) is -1.19. The number of carbonyl (C=O) groups is 1. The van der Waals surface area contributed by atoms with Gasteiger partial charge < -0.3 is 15.2 Å². The van der Waals surface area contributed by atoms with Gasteiger partial charge in [0, 0.05) is 21.5 Å². The summed E-state index contributed by atoms with van der Waals surface area (Å²) < 4.78 is 38.6. The summed E-state index contributed by atoms with van der Waals surface area (Å²) in [6.45, 7) is 1.67. The van der Waals surface area contributed by atoms with Crippen molar-refractivity contribution in [3.05, 3.63) is 81.8 Å². The number of amides is 1. The standard InChI is InChI=1S/C26H21Cl2N3O6S.Na/c1-3-16-21(12-15(27)13-22(16)38(34,35)36)30-31-23-17-8-5-4-7-14(17)11-18(24(23)32)26(33)29-20-10-6-9-19(28)25(20)37-2;/h4-13,32H,3H2,1-2H3,(H,29,33)(H,34,35,36);/q;+1/p-1. The van der Waals surface area contributed by atoms with Crippen LogP contribution >= 0.6 is 23.2 Å². The van der Waals surface area contributed by atoms with Crippen molar-refractivity contribution < 1.29 is 57.2 Å². The Hall–Kier alpha value is -2.70. The molecule has 0 unspecified atom stereocenters. The van der Waals surface area contributed by atoms with Crippen LogP contribution in [0, 0.1) is 0 Å². The number of hydrogen-bond donors (Lipinski definition) is 2. The van der Waals surface area contributed by atoms with Crippen molar-refractivity contribution in [1.82, 2.24) is 0 Å². The van der Waals surface area contributed by atoms with E-state index in [1.807, 2.05) is 0 Å². The molecule has 0 aliphatic heterocycles. The zero-order chi connectivity index (χ0) is 27.6. The number of rotatable bonds is 7. The van der Waals surface area contributed by atoms with Crippen LogP contribution in [-0.4, -0.2) is 26.0 Å². The van der Waals surface area contributed by atoms with Gasteiger partial charge in [-0.3, -0.25) is 9.35 Å². The summed E-state index contributed by atoms with van der Waals surface area (Å²) in [5.41, 5.74) is 0.140. The molecule has 0 heterocycles. The number of azo groups is 1. The molecule has 4 rings (SSSR count). The third kappa shape index (κ3) is 6.55. The third-order valence-corrected chi connectivity index (χ3v) is 7.11. The van der Waals surface area contributed by atoms with E-state index < -0.39 is 26.7 Å². The normalized spacial score (nSPS) is 11.4. The molecule has 0 spiro atoms. The van der Waals surface area contributed by atoms with E-state index in [9.17, 15) is 22.9 Å². The van der Waals surface area contributed by atoms with Crippen LogP contribution in [-0.2, 0) is 16.5 Å². The number of methoxy groups -OCH3 is 1. The largest absolute Gasteiger partial charge is 1.00 e. The van der Waals surface area contributed by atoms with Crippen molar-refractivity contribution >= 4 is 67.1 Å². The molecule has 4 aromatic carbocycles. The second-order valence-corrected chi connectivity index (χ2v) is 10.3. The molecular formula is C26H20Cl2N3NaO6S. The molecule has 1 amide bonds. The van der Waals surface area contributed by atoms with E-state index >= 15 is 0 Å². The minimum absolute atomic E-state index is 0. The quantitative estimate of drug-likeness (QED) is 0.189. The van der Waals surface area contributed by atoms with Crippen LogP contribution in [0.2, 0.25) is 10.0 Å². The van der Waals surface area contributed by atoms with Crippen molar-refractivity contribution in [1.29, 1.82) is 0 Å². The van der Waals surface area contributed by atoms with Crippen molar-refractivity contribution in [2.75, 3.05) is 12.4 Å². The molecule has 4 aromatic rings. The molecular weight excluding hydrogens is 576 g/mol. The van der Waals surface area contributed by atoms with Gasteiger partial charge in [-0.2, -0.15) is 18.6 Å². The smallest absolute Gasteiger partial charge is 0.870 e. The molecule has 0 radical (unpaired) electrons. The predicted octanol–water partition coefficient (Wildman–Crippen LogP) is 3.71. The van der Waals surface area contributed by atoms with Crippen LogP contribution in [0.5, 0.6) is 11.5 Å². The van der Waals surface area contributed by atoms with Gasteiger partial charge in [0.05, 0.1) is 29.2 Å². The molecule has 39 heavy (non-hydrogen) atoms. The van der Waals surface area contributed by atoms with Gasteiger partial charge in [0.1, 0.15) is 4.90 Å². The molecule has 0 aliphatic carbocycles. The first kappa shape index (κ1) is 30.8. The molecule has 2 N–H and O–H groups in total. The van der Waals surface area contributed by atoms with E-state index in [2.05, 4.69) is 15.5 Å². The second-order valence-electron chi connectivity index (χ2n) is 8.03. The fourth-order valence-electron chi connectivity index (χ4n) is 3.96. The van der Waals surface area contributed by atoms with Gasteiger partial charge in [-0.1, -0.05) is 66.2 Å². The number of hydrogen-bond acceptors (Lipinski definition) is 7. The van der Waals surface area contributed by atoms with Gasteiger partial charge in [-0.15, -0.1) is 0 Å².